The molecule has 0 aliphatic heterocycles. The summed E-state index contributed by atoms with van der Waals surface area (Å²) >= 11 is 3.19. The van der Waals surface area contributed by atoms with Gasteiger partial charge in [0.05, 0.1) is 0 Å². The van der Waals surface area contributed by atoms with Crippen molar-refractivity contribution >= 4 is 38.9 Å². The van der Waals surface area contributed by atoms with Gasteiger partial charge in [-0.25, -0.2) is 0 Å². The Kier molecular flexibility index (Phi) is 6.20. The van der Waals surface area contributed by atoms with E-state index in [2.05, 4.69) is 52.4 Å². The number of hydrogen-bond acceptors (Lipinski definition) is 3. The zero-order chi connectivity index (χ0) is 18.5. The Balaban J connectivity index is 1.80. The highest BCUT2D eigenvalue weighted by Gasteiger charge is 2.27. The largest absolute Gasteiger partial charge is 0.309 e. The van der Waals surface area contributed by atoms with Crippen molar-refractivity contribution in [2.24, 2.45) is 0 Å². The van der Waals surface area contributed by atoms with Gasteiger partial charge in [0.2, 0.25) is 0 Å². The number of halogens is 1. The van der Waals surface area contributed by atoms with Gasteiger partial charge in [-0.3, -0.25) is 10.8 Å². The summed E-state index contributed by atoms with van der Waals surface area (Å²) in [5.74, 6) is 1.03. The maximum Gasteiger partial charge on any atom is 0.170 e. The Morgan fingerprint density at radius 2 is 2.08 bits per heavy atom. The highest BCUT2D eigenvalue weighted by Crippen LogP contribution is 2.43. The number of rotatable bonds is 7. The van der Waals surface area contributed by atoms with E-state index in [1.165, 1.54) is 35.1 Å². The van der Waals surface area contributed by atoms with Crippen molar-refractivity contribution in [2.45, 2.75) is 44.4 Å². The van der Waals surface area contributed by atoms with Crippen LogP contribution < -0.4 is 0 Å². The Labute approximate surface area is 163 Å². The van der Waals surface area contributed by atoms with E-state index in [0.717, 1.165) is 25.0 Å². The lowest BCUT2D eigenvalue weighted by atomic mass is 9.90. The molecule has 0 amide bonds. The number of amidine groups is 2. The zero-order valence-corrected chi connectivity index (χ0v) is 16.4. The van der Waals surface area contributed by atoms with Gasteiger partial charge >= 0.3 is 0 Å². The molecule has 0 unspecified atom stereocenters. The van der Waals surface area contributed by atoms with E-state index in [9.17, 15) is 4.79 Å². The van der Waals surface area contributed by atoms with Crippen molar-refractivity contribution in [2.75, 3.05) is 6.54 Å². The van der Waals surface area contributed by atoms with Gasteiger partial charge in [0.1, 0.15) is 12.1 Å². The predicted molar refractivity (Wildman–Crippen MR) is 110 cm³/mol. The van der Waals surface area contributed by atoms with Crippen molar-refractivity contribution < 1.29 is 4.79 Å². The minimum atomic E-state index is 0.172. The first-order valence-electron chi connectivity index (χ1n) is 9.12. The van der Waals surface area contributed by atoms with E-state index in [0.29, 0.717) is 25.2 Å². The van der Waals surface area contributed by atoms with Crippen LogP contribution in [0.4, 0.5) is 0 Å². The van der Waals surface area contributed by atoms with E-state index in [4.69, 9.17) is 10.8 Å². The summed E-state index contributed by atoms with van der Waals surface area (Å²) < 4.78 is 0.172. The van der Waals surface area contributed by atoms with Crippen LogP contribution in [0, 0.1) is 10.8 Å². The van der Waals surface area contributed by atoms with E-state index < -0.39 is 0 Å². The van der Waals surface area contributed by atoms with E-state index in [-0.39, 0.29) is 4.74 Å². The number of benzene rings is 1. The van der Waals surface area contributed by atoms with Crippen LogP contribution >= 0.6 is 15.9 Å². The fourth-order valence-electron chi connectivity index (χ4n) is 3.49. The highest BCUT2D eigenvalue weighted by molar-refractivity contribution is 9.18. The molecule has 1 aromatic rings. The summed E-state index contributed by atoms with van der Waals surface area (Å²) in [5, 5.41) is 16.0. The molecule has 1 saturated carbocycles. The van der Waals surface area contributed by atoms with Crippen LogP contribution in [0.2, 0.25) is 0 Å². The molecule has 0 bridgehead atoms. The van der Waals surface area contributed by atoms with Gasteiger partial charge in [0, 0.05) is 19.4 Å². The third-order valence-electron chi connectivity index (χ3n) is 5.00. The van der Waals surface area contributed by atoms with Gasteiger partial charge in [-0.15, -0.1) is 0 Å². The molecule has 3 rings (SSSR count). The number of fused-ring (bicyclic) bond motifs is 1. The van der Waals surface area contributed by atoms with Crippen molar-refractivity contribution in [3.8, 4) is 0 Å². The van der Waals surface area contributed by atoms with E-state index >= 15 is 0 Å². The lowest BCUT2D eigenvalue weighted by Crippen LogP contribution is -2.34. The van der Waals surface area contributed by atoms with Crippen LogP contribution in [-0.2, 0) is 17.6 Å². The Morgan fingerprint density at radius 3 is 2.77 bits per heavy atom. The average Bonchev–Trinajstić information content (AvgIpc) is 3.46. The summed E-state index contributed by atoms with van der Waals surface area (Å²) in [6.45, 7) is 0.554. The number of nitrogens with one attached hydrogen (secondary N) is 2. The molecule has 0 heterocycles. The quantitative estimate of drug-likeness (QED) is 0.291. The van der Waals surface area contributed by atoms with Gasteiger partial charge in [0.15, 0.2) is 4.74 Å². The molecule has 1 aromatic carbocycles. The molecule has 2 N–H and O–H groups in total. The second kappa shape index (κ2) is 8.58. The van der Waals surface area contributed by atoms with Crippen molar-refractivity contribution in [1.82, 2.24) is 4.90 Å². The Hall–Kier alpha value is -2.01. The predicted octanol–water partition coefficient (Wildman–Crippen LogP) is 4.82. The van der Waals surface area contributed by atoms with E-state index in [1.807, 2.05) is 0 Å². The maximum absolute atomic E-state index is 10.6. The van der Waals surface area contributed by atoms with Crippen LogP contribution in [0.3, 0.4) is 0 Å². The molecule has 0 radical (unpaired) electrons. The van der Waals surface area contributed by atoms with Crippen LogP contribution in [0.5, 0.6) is 0 Å². The topological polar surface area (TPSA) is 68.0 Å². The molecule has 136 valence electrons. The molecule has 0 spiro atoms. The lowest BCUT2D eigenvalue weighted by molar-refractivity contribution is -0.107. The number of carbonyl (C=O) groups is 1. The lowest BCUT2D eigenvalue weighted by Gasteiger charge is -2.23. The minimum absolute atomic E-state index is 0.172. The Bertz CT molecular complexity index is 778. The maximum atomic E-state index is 10.6. The number of allylic oxidation sites excluding steroid dienone is 3. The SMILES string of the molecule is N=C(Br)N(CCc1ccc(C2CC2)c2c1C=CC=CC2)C(=N)CCC=O. The molecule has 2 aliphatic carbocycles. The molecule has 2 aliphatic rings. The van der Waals surface area contributed by atoms with Gasteiger partial charge in [0.25, 0.3) is 0 Å². The van der Waals surface area contributed by atoms with Gasteiger partial charge < -0.3 is 9.69 Å². The minimum Gasteiger partial charge on any atom is -0.309 e. The second-order valence-corrected chi connectivity index (χ2v) is 7.57. The fraction of sp³-hybridized carbons (Fsp3) is 0.381. The standard InChI is InChI=1S/C21H24BrN3O/c22-21(24)25(20(23)7-4-14-26)13-12-16-10-11-18(15-8-9-15)19-6-3-1-2-5-17(16)19/h1-3,5,10-11,14-15,23-24H,4,6-9,12-13H2. The van der Waals surface area contributed by atoms with Crippen LogP contribution in [0.25, 0.3) is 6.08 Å². The normalized spacial score (nSPS) is 15.3. The van der Waals surface area contributed by atoms with Crippen LogP contribution in [0.15, 0.2) is 30.4 Å². The second-order valence-electron chi connectivity index (χ2n) is 6.82. The van der Waals surface area contributed by atoms with Gasteiger partial charge in [-0.1, -0.05) is 36.4 Å². The summed E-state index contributed by atoms with van der Waals surface area (Å²) in [6, 6.07) is 4.49. The molecule has 0 aromatic heterocycles. The number of aldehydes is 1. The summed E-state index contributed by atoms with van der Waals surface area (Å²) in [6.07, 6.45) is 14.4. The number of nitrogens with zero attached hydrogens (tertiary/aromatic N) is 1. The molecular weight excluding hydrogens is 390 g/mol. The summed E-state index contributed by atoms with van der Waals surface area (Å²) in [5.41, 5.74) is 5.49. The first-order chi connectivity index (χ1) is 12.6. The molecule has 1 fully saturated rings. The third-order valence-corrected chi connectivity index (χ3v) is 5.43. The summed E-state index contributed by atoms with van der Waals surface area (Å²) in [4.78, 5) is 12.2. The van der Waals surface area contributed by atoms with Crippen LogP contribution in [0.1, 0.15) is 53.9 Å². The van der Waals surface area contributed by atoms with E-state index in [1.54, 1.807) is 4.90 Å². The Morgan fingerprint density at radius 1 is 1.27 bits per heavy atom. The molecule has 5 heteroatoms. The van der Waals surface area contributed by atoms with Gasteiger partial charge in [-0.2, -0.15) is 0 Å². The number of hydrogen-bond donors (Lipinski definition) is 2. The summed E-state index contributed by atoms with van der Waals surface area (Å²) in [7, 11) is 0. The molecule has 4 nitrogen and oxygen atoms in total. The first kappa shape index (κ1) is 18.8. The fourth-order valence-corrected chi connectivity index (χ4v) is 3.88. The monoisotopic (exact) mass is 413 g/mol. The average molecular weight is 414 g/mol. The highest BCUT2D eigenvalue weighted by atomic mass is 79.9. The third kappa shape index (κ3) is 4.39. The van der Waals surface area contributed by atoms with Crippen LogP contribution in [-0.4, -0.2) is 28.3 Å². The molecule has 26 heavy (non-hydrogen) atoms. The first-order valence-corrected chi connectivity index (χ1v) is 9.91. The van der Waals surface area contributed by atoms with Gasteiger partial charge in [-0.05, 0) is 69.8 Å². The molecular formula is C21H24BrN3O. The smallest absolute Gasteiger partial charge is 0.170 e. The van der Waals surface area contributed by atoms with Crippen molar-refractivity contribution in [3.05, 3.63) is 52.6 Å². The van der Waals surface area contributed by atoms with Crippen molar-refractivity contribution in [1.29, 1.82) is 10.8 Å². The van der Waals surface area contributed by atoms with Crippen molar-refractivity contribution in [3.63, 3.8) is 0 Å². The molecule has 0 atom stereocenters. The molecule has 0 saturated heterocycles. The number of carbonyl (C=O) groups excluding carboxylic acids is 1. The zero-order valence-electron chi connectivity index (χ0n) is 14.8.